The topological polar surface area (TPSA) is 190 Å². The summed E-state index contributed by atoms with van der Waals surface area (Å²) in [5.74, 6) is -2.66. The molecule has 3 aliphatic rings. The second kappa shape index (κ2) is 39.1. The fourth-order valence-corrected chi connectivity index (χ4v) is 13.0. The van der Waals surface area contributed by atoms with Gasteiger partial charge in [0.15, 0.2) is 30.9 Å². The Morgan fingerprint density at radius 1 is 0.243 bits per heavy atom. The summed E-state index contributed by atoms with van der Waals surface area (Å²) in [6, 6.07) is 91.4. The smallest absolute Gasteiger partial charge is 0.338 e. The van der Waals surface area contributed by atoms with E-state index in [4.69, 9.17) is 71.1 Å². The van der Waals surface area contributed by atoms with Gasteiger partial charge in [0, 0.05) is 0 Å². The number of esters is 3. The molecular formula is C88H85FO18. The number of rotatable bonds is 34. The molecule has 0 saturated carbocycles. The third-order valence-corrected chi connectivity index (χ3v) is 18.5. The minimum absolute atomic E-state index is 0.00152. The Hall–Kier alpha value is -9.94. The summed E-state index contributed by atoms with van der Waals surface area (Å²) in [6.07, 6.45) is -21.0. The van der Waals surface area contributed by atoms with E-state index >= 15 is 9.18 Å². The molecule has 0 unspecified atom stereocenters. The third-order valence-electron chi connectivity index (χ3n) is 18.5. The van der Waals surface area contributed by atoms with Gasteiger partial charge in [-0.25, -0.2) is 18.8 Å². The van der Waals surface area contributed by atoms with Crippen LogP contribution in [0.3, 0.4) is 0 Å². The molecular weight excluding hydrogens is 1360 g/mol. The van der Waals surface area contributed by atoms with Gasteiger partial charge in [0.25, 0.3) is 0 Å². The van der Waals surface area contributed by atoms with Crippen LogP contribution in [0.5, 0.6) is 0 Å². The molecule has 19 heteroatoms. The van der Waals surface area contributed by atoms with Gasteiger partial charge < -0.3 is 71.1 Å². The number of ether oxygens (including phenoxy) is 15. The fourth-order valence-electron chi connectivity index (χ4n) is 13.0. The van der Waals surface area contributed by atoms with Crippen LogP contribution in [0, 0.1) is 0 Å². The van der Waals surface area contributed by atoms with Gasteiger partial charge in [0.1, 0.15) is 54.9 Å². The Morgan fingerprint density at radius 2 is 0.495 bits per heavy atom. The van der Waals surface area contributed by atoms with Crippen LogP contribution in [0.4, 0.5) is 4.39 Å². The lowest BCUT2D eigenvalue weighted by Crippen LogP contribution is -2.65. The number of carbonyl (C=O) groups is 3. The number of alkyl halides is 1. The van der Waals surface area contributed by atoms with Crippen LogP contribution >= 0.6 is 0 Å². The first kappa shape index (κ1) is 75.3. The molecule has 3 heterocycles. The Bertz CT molecular complexity index is 4250. The number of hydrogen-bond donors (Lipinski definition) is 0. The Kier molecular flexibility index (Phi) is 27.5. The standard InChI is InChI=1S/C88H85FO18/c89-83-80(98-56-66-41-21-6-22-42-66)77(96-54-64-37-17-4-18-38-64)75(95-53-63-35-15-3-16-36-63)72(102-83)59-101-88-82(107-86(92)70-49-29-10-30-50-70)79(106-85(91)69-47-27-9-28-48-69)76(105-84(90)68-45-25-8-26-46-68)73(104-88)60-100-87-81(99-57-67-43-23-7-24-44-67)78(97-55-65-39-19-5-20-40-65)74(94-52-62-33-13-2-14-34-62)71(103-87)58-93-51-61-31-11-1-12-32-61/h1-50,71-83,87-88H,51-60H2/t71-,72-,73-,74-,75-,76-,77+,78+,79+,80-,81-,82-,83-,87+,88-/m1/s1. The van der Waals surface area contributed by atoms with E-state index in [0.29, 0.717) is 0 Å². The summed E-state index contributed by atoms with van der Waals surface area (Å²) in [7, 11) is 0. The van der Waals surface area contributed by atoms with Gasteiger partial charge in [-0.3, -0.25) is 0 Å². The number of halogens is 1. The zero-order valence-corrected chi connectivity index (χ0v) is 58.8. The normalized spacial score (nSPS) is 24.2. The lowest BCUT2D eigenvalue weighted by molar-refractivity contribution is -0.349. The van der Waals surface area contributed by atoms with Crippen LogP contribution in [0.15, 0.2) is 303 Å². The SMILES string of the molecule is O=C(O[C@@H]1[C@@H](OC(=O)c2ccccc2)[C@H](OC[C@H]2O[C@@H](F)[C@H](OCc3ccccc3)[C@@H](OCc3ccccc3)[C@@H]2OCc2ccccc2)O[C@H](CO[C@H]2O[C@H](COCc3ccccc3)[C@@H](OCc3ccccc3)[C@H](OCc3ccccc3)[C@H]2OCc2ccccc2)[C@H]1OC(=O)c1ccccc1)c1ccccc1. The maximum atomic E-state index is 17.6. The second-order valence-electron chi connectivity index (χ2n) is 26.1. The molecule has 10 aromatic carbocycles. The van der Waals surface area contributed by atoms with Crippen LogP contribution in [0.25, 0.3) is 0 Å². The van der Waals surface area contributed by atoms with Crippen molar-refractivity contribution in [2.24, 2.45) is 0 Å². The van der Waals surface area contributed by atoms with Gasteiger partial charge >= 0.3 is 17.9 Å². The van der Waals surface area contributed by atoms with Gasteiger partial charge in [-0.05, 0) is 75.3 Å². The van der Waals surface area contributed by atoms with Gasteiger partial charge in [-0.15, -0.1) is 0 Å². The van der Waals surface area contributed by atoms with Crippen molar-refractivity contribution in [3.63, 3.8) is 0 Å². The van der Waals surface area contributed by atoms with Crippen LogP contribution in [0.2, 0.25) is 0 Å². The molecule has 0 bridgehead atoms. The summed E-state index contributed by atoms with van der Waals surface area (Å²) in [5, 5.41) is 0. The van der Waals surface area contributed by atoms with Crippen molar-refractivity contribution in [3.8, 4) is 0 Å². The maximum absolute atomic E-state index is 17.6. The molecule has 0 spiro atoms. The highest BCUT2D eigenvalue weighted by Gasteiger charge is 2.56. The molecule has 15 atom stereocenters. The zero-order chi connectivity index (χ0) is 73.2. The predicted octanol–water partition coefficient (Wildman–Crippen LogP) is 14.6. The minimum Gasteiger partial charge on any atom is -0.452 e. The van der Waals surface area contributed by atoms with E-state index in [0.717, 1.165) is 38.9 Å². The first-order chi connectivity index (χ1) is 52.7. The van der Waals surface area contributed by atoms with E-state index < -0.39 is 123 Å². The average molecular weight is 1450 g/mol. The molecule has 107 heavy (non-hydrogen) atoms. The first-order valence-electron chi connectivity index (χ1n) is 35.9. The van der Waals surface area contributed by atoms with Crippen LogP contribution in [-0.2, 0) is 117 Å². The number of carbonyl (C=O) groups excluding carboxylic acids is 3. The molecule has 3 saturated heterocycles. The maximum Gasteiger partial charge on any atom is 0.338 e. The van der Waals surface area contributed by atoms with Crippen LogP contribution < -0.4 is 0 Å². The highest BCUT2D eigenvalue weighted by Crippen LogP contribution is 2.38. The third kappa shape index (κ3) is 21.2. The Morgan fingerprint density at radius 3 is 0.850 bits per heavy atom. The van der Waals surface area contributed by atoms with E-state index in [-0.39, 0.29) is 69.5 Å². The van der Waals surface area contributed by atoms with Gasteiger partial charge in [-0.1, -0.05) is 267 Å². The molecule has 3 fully saturated rings. The fraction of sp³-hybridized carbons (Fsp3) is 0.284. The number of hydrogen-bond acceptors (Lipinski definition) is 18. The zero-order valence-electron chi connectivity index (χ0n) is 58.8. The van der Waals surface area contributed by atoms with Crippen LogP contribution in [-0.4, -0.2) is 130 Å². The molecule has 0 radical (unpaired) electrons. The second-order valence-corrected chi connectivity index (χ2v) is 26.1. The van der Waals surface area contributed by atoms with Gasteiger partial charge in [0.05, 0.1) is 82.8 Å². The van der Waals surface area contributed by atoms with E-state index in [1.54, 1.807) is 91.0 Å². The quantitative estimate of drug-likeness (QED) is 0.0273. The largest absolute Gasteiger partial charge is 0.452 e. The van der Waals surface area contributed by atoms with Crippen molar-refractivity contribution in [1.82, 2.24) is 0 Å². The number of benzene rings is 10. The van der Waals surface area contributed by atoms with Crippen molar-refractivity contribution in [2.45, 2.75) is 138 Å². The van der Waals surface area contributed by atoms with E-state index in [1.165, 1.54) is 0 Å². The monoisotopic (exact) mass is 1450 g/mol. The molecule has 552 valence electrons. The van der Waals surface area contributed by atoms with E-state index in [1.807, 2.05) is 212 Å². The van der Waals surface area contributed by atoms with Crippen molar-refractivity contribution in [2.75, 3.05) is 19.8 Å². The summed E-state index contributed by atoms with van der Waals surface area (Å²) in [6.45, 7) is -0.569. The lowest BCUT2D eigenvalue weighted by atomic mass is 9.96. The molecule has 0 aliphatic carbocycles. The molecule has 0 amide bonds. The van der Waals surface area contributed by atoms with Gasteiger partial charge in [0.2, 0.25) is 6.36 Å². The summed E-state index contributed by atoms with van der Waals surface area (Å²) < 4.78 is 120. The predicted molar refractivity (Wildman–Crippen MR) is 392 cm³/mol. The highest BCUT2D eigenvalue weighted by molar-refractivity contribution is 5.91. The molecule has 10 aromatic rings. The van der Waals surface area contributed by atoms with E-state index in [9.17, 15) is 9.59 Å². The first-order valence-corrected chi connectivity index (χ1v) is 35.9. The Balaban J connectivity index is 0.898. The molecule has 3 aliphatic heterocycles. The lowest BCUT2D eigenvalue weighted by Gasteiger charge is -2.48. The van der Waals surface area contributed by atoms with Crippen molar-refractivity contribution in [3.05, 3.63) is 359 Å². The summed E-state index contributed by atoms with van der Waals surface area (Å²) in [5.41, 5.74) is 6.16. The molecule has 0 N–H and O–H groups in total. The van der Waals surface area contributed by atoms with Crippen LogP contribution in [0.1, 0.15) is 70.0 Å². The van der Waals surface area contributed by atoms with Crippen molar-refractivity contribution < 1.29 is 89.8 Å². The minimum atomic E-state index is -2.14. The average Bonchev–Trinajstić information content (AvgIpc) is 0.781. The van der Waals surface area contributed by atoms with Gasteiger partial charge in [-0.2, -0.15) is 0 Å². The highest BCUT2D eigenvalue weighted by atomic mass is 19.1. The summed E-state index contributed by atoms with van der Waals surface area (Å²) in [4.78, 5) is 44.9. The molecule has 18 nitrogen and oxygen atoms in total. The Labute approximate surface area is 621 Å². The summed E-state index contributed by atoms with van der Waals surface area (Å²) >= 11 is 0. The molecule has 0 aromatic heterocycles. The van der Waals surface area contributed by atoms with Crippen molar-refractivity contribution in [1.29, 1.82) is 0 Å². The van der Waals surface area contributed by atoms with E-state index in [2.05, 4.69) is 0 Å². The molecule has 13 rings (SSSR count). The van der Waals surface area contributed by atoms with Crippen molar-refractivity contribution >= 4 is 17.9 Å².